The molecule has 0 fully saturated rings. The van der Waals surface area contributed by atoms with Crippen molar-refractivity contribution in [1.29, 1.82) is 0 Å². The Bertz CT molecular complexity index is 847. The second kappa shape index (κ2) is 7.24. The quantitative estimate of drug-likeness (QED) is 0.769. The summed E-state index contributed by atoms with van der Waals surface area (Å²) in [7, 11) is -3.78. The van der Waals surface area contributed by atoms with Gasteiger partial charge in [0.05, 0.1) is 10.5 Å². The van der Waals surface area contributed by atoms with Crippen LogP contribution in [-0.2, 0) is 14.8 Å². The van der Waals surface area contributed by atoms with Crippen molar-refractivity contribution in [2.75, 3.05) is 5.32 Å². The minimum Gasteiger partial charge on any atom is -0.480 e. The zero-order valence-electron chi connectivity index (χ0n) is 12.8. The summed E-state index contributed by atoms with van der Waals surface area (Å²) in [5.41, 5.74) is 0.737. The minimum atomic E-state index is -3.78. The first-order valence-electron chi connectivity index (χ1n) is 6.96. The molecule has 0 aromatic heterocycles. The molecule has 0 radical (unpaired) electrons. The van der Waals surface area contributed by atoms with Gasteiger partial charge in [0.15, 0.2) is 12.4 Å². The Hall–Kier alpha value is -2.71. The van der Waals surface area contributed by atoms with Crippen LogP contribution in [0.3, 0.4) is 0 Å². The zero-order chi connectivity index (χ0) is 17.7. The first-order chi connectivity index (χ1) is 11.3. The Balaban J connectivity index is 2.05. The van der Waals surface area contributed by atoms with Gasteiger partial charge in [-0.3, -0.25) is 9.59 Å². The van der Waals surface area contributed by atoms with E-state index in [9.17, 15) is 18.0 Å². The molecule has 0 bridgehead atoms. The minimum absolute atomic E-state index is 0.0512. The normalized spacial score (nSPS) is 12.2. The summed E-state index contributed by atoms with van der Waals surface area (Å²) in [5, 5.41) is 7.60. The highest BCUT2D eigenvalue weighted by molar-refractivity contribution is 7.89. The van der Waals surface area contributed by atoms with Crippen molar-refractivity contribution in [3.8, 4) is 5.75 Å². The largest absolute Gasteiger partial charge is 0.480 e. The molecule has 1 atom stereocenters. The molecule has 2 aromatic carbocycles. The van der Waals surface area contributed by atoms with E-state index in [1.165, 1.54) is 31.2 Å². The molecule has 126 valence electrons. The molecule has 24 heavy (non-hydrogen) atoms. The van der Waals surface area contributed by atoms with E-state index >= 15 is 0 Å². The molecule has 8 heteroatoms. The number of anilines is 1. The number of nitrogens with two attached hydrogens (primary N) is 1. The Morgan fingerprint density at radius 3 is 2.38 bits per heavy atom. The lowest BCUT2D eigenvalue weighted by molar-refractivity contribution is -0.122. The Morgan fingerprint density at radius 2 is 1.79 bits per heavy atom. The average Bonchev–Trinajstić information content (AvgIpc) is 2.55. The molecular weight excluding hydrogens is 332 g/mol. The third-order valence-electron chi connectivity index (χ3n) is 3.17. The van der Waals surface area contributed by atoms with Gasteiger partial charge in [-0.2, -0.15) is 0 Å². The van der Waals surface area contributed by atoms with E-state index in [1.807, 2.05) is 0 Å². The van der Waals surface area contributed by atoms with Gasteiger partial charge in [-0.25, -0.2) is 13.6 Å². The summed E-state index contributed by atoms with van der Waals surface area (Å²) < 4.78 is 27.8. The van der Waals surface area contributed by atoms with Crippen LogP contribution in [0.4, 0.5) is 5.69 Å². The van der Waals surface area contributed by atoms with Gasteiger partial charge in [-0.15, -0.1) is 0 Å². The molecule has 2 rings (SSSR count). The third kappa shape index (κ3) is 4.40. The zero-order valence-corrected chi connectivity index (χ0v) is 13.6. The number of hydrogen-bond acceptors (Lipinski definition) is 5. The number of para-hydroxylation sites is 1. The van der Waals surface area contributed by atoms with Crippen LogP contribution in [0.15, 0.2) is 53.4 Å². The topological polar surface area (TPSA) is 116 Å². The molecule has 3 N–H and O–H groups in total. The molecule has 0 heterocycles. The molecule has 7 nitrogen and oxygen atoms in total. The number of ether oxygens (including phenoxy) is 1. The lowest BCUT2D eigenvalue weighted by atomic mass is 10.2. The van der Waals surface area contributed by atoms with Crippen LogP contribution >= 0.6 is 0 Å². The SMILES string of the molecule is C[C@H](Oc1ccccc1C=O)C(=O)Nc1ccc(S(N)(=O)=O)cc1. The number of carbonyl (C=O) groups is 2. The maximum Gasteiger partial charge on any atom is 0.265 e. The molecule has 0 aliphatic rings. The summed E-state index contributed by atoms with van der Waals surface area (Å²) in [6.07, 6.45) is -0.213. The van der Waals surface area contributed by atoms with E-state index in [0.29, 0.717) is 23.3 Å². The first-order valence-corrected chi connectivity index (χ1v) is 8.50. The Kier molecular flexibility index (Phi) is 5.32. The standard InChI is InChI=1S/C16H16N2O5S/c1-11(23-15-5-3-2-4-12(15)10-19)16(20)18-13-6-8-14(9-7-13)24(17,21)22/h2-11H,1H3,(H,18,20)(H2,17,21,22)/t11-/m0/s1. The van der Waals surface area contributed by atoms with Gasteiger partial charge in [0.25, 0.3) is 5.91 Å². The van der Waals surface area contributed by atoms with E-state index in [0.717, 1.165) is 0 Å². The summed E-state index contributed by atoms with van der Waals surface area (Å²) in [4.78, 5) is 23.0. The van der Waals surface area contributed by atoms with Crippen molar-refractivity contribution < 1.29 is 22.7 Å². The fraction of sp³-hybridized carbons (Fsp3) is 0.125. The van der Waals surface area contributed by atoms with Gasteiger partial charge in [-0.05, 0) is 43.3 Å². The van der Waals surface area contributed by atoms with Crippen molar-refractivity contribution in [2.24, 2.45) is 5.14 Å². The van der Waals surface area contributed by atoms with Crippen LogP contribution in [-0.4, -0.2) is 26.7 Å². The Morgan fingerprint density at radius 1 is 1.17 bits per heavy atom. The molecule has 0 aliphatic heterocycles. The van der Waals surface area contributed by atoms with Gasteiger partial charge in [-0.1, -0.05) is 12.1 Å². The van der Waals surface area contributed by atoms with Gasteiger partial charge in [0, 0.05) is 5.69 Å². The van der Waals surface area contributed by atoms with Crippen molar-refractivity contribution in [1.82, 2.24) is 0 Å². The molecule has 0 aliphatic carbocycles. The van der Waals surface area contributed by atoms with Crippen LogP contribution in [0.2, 0.25) is 0 Å². The second-order valence-electron chi connectivity index (χ2n) is 4.97. The molecule has 1 amide bonds. The highest BCUT2D eigenvalue weighted by Gasteiger charge is 2.17. The van der Waals surface area contributed by atoms with Crippen molar-refractivity contribution in [3.63, 3.8) is 0 Å². The van der Waals surface area contributed by atoms with Gasteiger partial charge < -0.3 is 10.1 Å². The molecule has 0 saturated carbocycles. The monoisotopic (exact) mass is 348 g/mol. The molecule has 0 unspecified atom stereocenters. The number of nitrogens with one attached hydrogen (secondary N) is 1. The number of hydrogen-bond donors (Lipinski definition) is 2. The lowest BCUT2D eigenvalue weighted by Gasteiger charge is -2.16. The van der Waals surface area contributed by atoms with E-state index < -0.39 is 22.0 Å². The molecule has 2 aromatic rings. The fourth-order valence-corrected chi connectivity index (χ4v) is 2.42. The fourth-order valence-electron chi connectivity index (χ4n) is 1.90. The third-order valence-corrected chi connectivity index (χ3v) is 4.10. The second-order valence-corrected chi connectivity index (χ2v) is 6.54. The van der Waals surface area contributed by atoms with Crippen LogP contribution in [0, 0.1) is 0 Å². The number of amides is 1. The highest BCUT2D eigenvalue weighted by Crippen LogP contribution is 2.18. The number of carbonyl (C=O) groups excluding carboxylic acids is 2. The lowest BCUT2D eigenvalue weighted by Crippen LogP contribution is -2.30. The molecule has 0 spiro atoms. The van der Waals surface area contributed by atoms with Gasteiger partial charge >= 0.3 is 0 Å². The van der Waals surface area contributed by atoms with E-state index in [-0.39, 0.29) is 4.90 Å². The van der Waals surface area contributed by atoms with Crippen LogP contribution in [0.1, 0.15) is 17.3 Å². The van der Waals surface area contributed by atoms with Crippen LogP contribution in [0.5, 0.6) is 5.75 Å². The summed E-state index contributed by atoms with van der Waals surface area (Å²) in [5.74, 6) is -0.140. The van der Waals surface area contributed by atoms with Crippen LogP contribution < -0.4 is 15.2 Å². The van der Waals surface area contributed by atoms with E-state index in [2.05, 4.69) is 5.32 Å². The Labute approximate surface area is 139 Å². The van der Waals surface area contributed by atoms with Crippen molar-refractivity contribution in [3.05, 3.63) is 54.1 Å². The summed E-state index contributed by atoms with van der Waals surface area (Å²) >= 11 is 0. The number of aldehydes is 1. The maximum absolute atomic E-state index is 12.1. The van der Waals surface area contributed by atoms with Crippen molar-refractivity contribution in [2.45, 2.75) is 17.9 Å². The predicted molar refractivity (Wildman–Crippen MR) is 88.4 cm³/mol. The van der Waals surface area contributed by atoms with Crippen LogP contribution in [0.25, 0.3) is 0 Å². The first kappa shape index (κ1) is 17.6. The van der Waals surface area contributed by atoms with Gasteiger partial charge in [0.1, 0.15) is 5.75 Å². The smallest absolute Gasteiger partial charge is 0.265 e. The maximum atomic E-state index is 12.1. The van der Waals surface area contributed by atoms with Crippen molar-refractivity contribution >= 4 is 27.9 Å². The highest BCUT2D eigenvalue weighted by atomic mass is 32.2. The summed E-state index contributed by atoms with van der Waals surface area (Å²) in [6, 6.07) is 12.0. The number of sulfonamides is 1. The number of benzene rings is 2. The number of rotatable bonds is 6. The molecule has 0 saturated heterocycles. The van der Waals surface area contributed by atoms with E-state index in [4.69, 9.17) is 9.88 Å². The van der Waals surface area contributed by atoms with E-state index in [1.54, 1.807) is 24.3 Å². The number of primary sulfonamides is 1. The summed E-state index contributed by atoms with van der Waals surface area (Å²) in [6.45, 7) is 1.54. The predicted octanol–water partition coefficient (Wildman–Crippen LogP) is 1.55. The average molecular weight is 348 g/mol. The van der Waals surface area contributed by atoms with Gasteiger partial charge in [0.2, 0.25) is 10.0 Å². The molecular formula is C16H16N2O5S.